The molecule has 0 bridgehead atoms. The van der Waals surface area contributed by atoms with Crippen LogP contribution in [0.5, 0.6) is 0 Å². The van der Waals surface area contributed by atoms with Crippen LogP contribution in [0.3, 0.4) is 0 Å². The molecule has 3 rings (SSSR count). The van der Waals surface area contributed by atoms with Gasteiger partial charge in [-0.25, -0.2) is 4.98 Å². The van der Waals surface area contributed by atoms with Gasteiger partial charge in [-0.05, 0) is 39.5 Å². The van der Waals surface area contributed by atoms with E-state index in [1.165, 1.54) is 22.6 Å². The smallest absolute Gasteiger partial charge is 0.123 e. The largest absolute Gasteiger partial charge is 0.383 e. The SMILES string of the molecule is CN1CCc2cc(C(O)c3scnc3Br)ccc21. The van der Waals surface area contributed by atoms with Crippen LogP contribution < -0.4 is 4.90 Å². The molecule has 1 atom stereocenters. The Kier molecular flexibility index (Phi) is 3.13. The summed E-state index contributed by atoms with van der Waals surface area (Å²) in [6.45, 7) is 1.05. The molecule has 0 saturated heterocycles. The van der Waals surface area contributed by atoms with E-state index in [-0.39, 0.29) is 0 Å². The Morgan fingerprint density at radius 3 is 3.06 bits per heavy atom. The molecule has 0 spiro atoms. The lowest BCUT2D eigenvalue weighted by Crippen LogP contribution is -2.12. The number of benzene rings is 1. The fraction of sp³-hybridized carbons (Fsp3) is 0.308. The number of aromatic nitrogens is 1. The standard InChI is InChI=1S/C13H13BrN2OS/c1-16-5-4-8-6-9(2-3-10(8)16)11(17)12-13(14)15-7-18-12/h2-3,6-7,11,17H,4-5H2,1H3. The predicted molar refractivity (Wildman–Crippen MR) is 77.3 cm³/mol. The topological polar surface area (TPSA) is 36.4 Å². The molecule has 5 heteroatoms. The third kappa shape index (κ3) is 1.96. The number of aliphatic hydroxyl groups is 1. The fourth-order valence-electron chi connectivity index (χ4n) is 2.33. The van der Waals surface area contributed by atoms with Gasteiger partial charge in [0.15, 0.2) is 0 Å². The maximum Gasteiger partial charge on any atom is 0.123 e. The summed E-state index contributed by atoms with van der Waals surface area (Å²) in [5, 5.41) is 10.4. The Bertz CT molecular complexity index is 584. The molecule has 0 radical (unpaired) electrons. The molecule has 18 heavy (non-hydrogen) atoms. The first kappa shape index (κ1) is 12.1. The summed E-state index contributed by atoms with van der Waals surface area (Å²) >= 11 is 4.84. The Balaban J connectivity index is 1.96. The van der Waals surface area contributed by atoms with E-state index in [0.717, 1.165) is 28.0 Å². The van der Waals surface area contributed by atoms with Gasteiger partial charge < -0.3 is 10.0 Å². The molecule has 94 valence electrons. The van der Waals surface area contributed by atoms with E-state index in [9.17, 15) is 5.11 Å². The monoisotopic (exact) mass is 324 g/mol. The minimum absolute atomic E-state index is 0.594. The summed E-state index contributed by atoms with van der Waals surface area (Å²) in [5.74, 6) is 0. The van der Waals surface area contributed by atoms with Crippen molar-refractivity contribution in [3.05, 3.63) is 44.3 Å². The summed E-state index contributed by atoms with van der Waals surface area (Å²) in [6, 6.07) is 6.20. The normalized spacial score (nSPS) is 15.8. The first-order valence-electron chi connectivity index (χ1n) is 5.77. The molecule has 2 heterocycles. The molecule has 1 aliphatic rings. The van der Waals surface area contributed by atoms with Gasteiger partial charge in [-0.15, -0.1) is 11.3 Å². The van der Waals surface area contributed by atoms with Crippen LogP contribution >= 0.6 is 27.3 Å². The third-order valence-electron chi connectivity index (χ3n) is 3.34. The van der Waals surface area contributed by atoms with Crippen LogP contribution in [0.4, 0.5) is 5.69 Å². The number of halogens is 1. The van der Waals surface area contributed by atoms with Crippen molar-refractivity contribution in [3.8, 4) is 0 Å². The second-order valence-corrected chi connectivity index (χ2v) is 6.11. The van der Waals surface area contributed by atoms with Crippen molar-refractivity contribution in [1.82, 2.24) is 4.98 Å². The number of thiazole rings is 1. The molecule has 1 aliphatic heterocycles. The van der Waals surface area contributed by atoms with Crippen LogP contribution in [-0.4, -0.2) is 23.7 Å². The highest BCUT2D eigenvalue weighted by atomic mass is 79.9. The van der Waals surface area contributed by atoms with Crippen molar-refractivity contribution < 1.29 is 5.11 Å². The molecule has 1 aromatic carbocycles. The molecule has 1 aromatic heterocycles. The van der Waals surface area contributed by atoms with Crippen molar-refractivity contribution >= 4 is 33.0 Å². The maximum absolute atomic E-state index is 10.4. The van der Waals surface area contributed by atoms with Crippen LogP contribution in [0.15, 0.2) is 28.3 Å². The zero-order valence-electron chi connectivity index (χ0n) is 9.93. The summed E-state index contributed by atoms with van der Waals surface area (Å²) in [5.41, 5.74) is 5.27. The summed E-state index contributed by atoms with van der Waals surface area (Å²) in [6.07, 6.45) is 0.457. The Morgan fingerprint density at radius 1 is 1.50 bits per heavy atom. The van der Waals surface area contributed by atoms with Gasteiger partial charge in [-0.2, -0.15) is 0 Å². The third-order valence-corrected chi connectivity index (χ3v) is 5.12. The summed E-state index contributed by atoms with van der Waals surface area (Å²) < 4.78 is 0.734. The Hall–Kier alpha value is -0.910. The van der Waals surface area contributed by atoms with E-state index in [1.54, 1.807) is 5.51 Å². The lowest BCUT2D eigenvalue weighted by molar-refractivity contribution is 0.223. The van der Waals surface area contributed by atoms with Gasteiger partial charge in [-0.1, -0.05) is 12.1 Å². The number of anilines is 1. The van der Waals surface area contributed by atoms with Gasteiger partial charge in [0.05, 0.1) is 10.4 Å². The Morgan fingerprint density at radius 2 is 2.33 bits per heavy atom. The highest BCUT2D eigenvalue weighted by Crippen LogP contribution is 2.34. The Labute approximate surface area is 118 Å². The molecule has 0 saturated carbocycles. The minimum Gasteiger partial charge on any atom is -0.383 e. The van der Waals surface area contributed by atoms with Crippen molar-refractivity contribution in [1.29, 1.82) is 0 Å². The fourth-order valence-corrected chi connectivity index (χ4v) is 3.75. The predicted octanol–water partition coefficient (Wildman–Crippen LogP) is 2.98. The minimum atomic E-state index is -0.594. The number of rotatable bonds is 2. The average molecular weight is 325 g/mol. The molecule has 0 fully saturated rings. The van der Waals surface area contributed by atoms with Crippen molar-refractivity contribution in [3.63, 3.8) is 0 Å². The number of fused-ring (bicyclic) bond motifs is 1. The van der Waals surface area contributed by atoms with Crippen molar-refractivity contribution in [2.45, 2.75) is 12.5 Å². The second kappa shape index (κ2) is 4.64. The molecule has 0 amide bonds. The van der Waals surface area contributed by atoms with E-state index in [0.29, 0.717) is 0 Å². The molecule has 1 N–H and O–H groups in total. The number of likely N-dealkylation sites (N-methyl/N-ethyl adjacent to an activating group) is 1. The second-order valence-electron chi connectivity index (χ2n) is 4.47. The van der Waals surface area contributed by atoms with Crippen molar-refractivity contribution in [2.75, 3.05) is 18.5 Å². The van der Waals surface area contributed by atoms with Crippen LogP contribution in [-0.2, 0) is 6.42 Å². The average Bonchev–Trinajstić information content (AvgIpc) is 2.95. The number of hydrogen-bond acceptors (Lipinski definition) is 4. The first-order chi connectivity index (χ1) is 8.66. The van der Waals surface area contributed by atoms with Gasteiger partial charge in [0.1, 0.15) is 10.7 Å². The summed E-state index contributed by atoms with van der Waals surface area (Å²) in [4.78, 5) is 7.22. The van der Waals surface area contributed by atoms with E-state index in [1.807, 2.05) is 6.07 Å². The zero-order valence-corrected chi connectivity index (χ0v) is 12.3. The van der Waals surface area contributed by atoms with Gasteiger partial charge in [-0.3, -0.25) is 0 Å². The van der Waals surface area contributed by atoms with Crippen LogP contribution in [0.1, 0.15) is 22.1 Å². The lowest BCUT2D eigenvalue weighted by Gasteiger charge is -2.14. The lowest BCUT2D eigenvalue weighted by atomic mass is 10.0. The maximum atomic E-state index is 10.4. The molecule has 1 unspecified atom stereocenters. The number of aliphatic hydroxyl groups excluding tert-OH is 1. The molecule has 3 nitrogen and oxygen atoms in total. The zero-order chi connectivity index (χ0) is 12.7. The molecular formula is C13H13BrN2OS. The van der Waals surface area contributed by atoms with E-state index in [2.05, 4.69) is 45.0 Å². The quantitative estimate of drug-likeness (QED) is 0.922. The van der Waals surface area contributed by atoms with E-state index < -0.39 is 6.10 Å². The van der Waals surface area contributed by atoms with E-state index in [4.69, 9.17) is 0 Å². The van der Waals surface area contributed by atoms with Gasteiger partial charge in [0.25, 0.3) is 0 Å². The van der Waals surface area contributed by atoms with Gasteiger partial charge in [0, 0.05) is 19.3 Å². The van der Waals surface area contributed by atoms with Crippen LogP contribution in [0, 0.1) is 0 Å². The van der Waals surface area contributed by atoms with Crippen molar-refractivity contribution in [2.24, 2.45) is 0 Å². The van der Waals surface area contributed by atoms with Gasteiger partial charge >= 0.3 is 0 Å². The first-order valence-corrected chi connectivity index (χ1v) is 7.45. The molecular weight excluding hydrogens is 312 g/mol. The molecule has 2 aromatic rings. The molecule has 0 aliphatic carbocycles. The van der Waals surface area contributed by atoms with Gasteiger partial charge in [0.2, 0.25) is 0 Å². The highest BCUT2D eigenvalue weighted by Gasteiger charge is 2.20. The van der Waals surface area contributed by atoms with E-state index >= 15 is 0 Å². The van der Waals surface area contributed by atoms with Crippen LogP contribution in [0.25, 0.3) is 0 Å². The number of nitrogens with zero attached hydrogens (tertiary/aromatic N) is 2. The van der Waals surface area contributed by atoms with Crippen LogP contribution in [0.2, 0.25) is 0 Å². The highest BCUT2D eigenvalue weighted by molar-refractivity contribution is 9.10. The summed E-state index contributed by atoms with van der Waals surface area (Å²) in [7, 11) is 2.10. The number of hydrogen-bond donors (Lipinski definition) is 1.